The van der Waals surface area contributed by atoms with Gasteiger partial charge in [-0.2, -0.15) is 0 Å². The van der Waals surface area contributed by atoms with E-state index in [0.717, 1.165) is 29.5 Å². The van der Waals surface area contributed by atoms with Gasteiger partial charge < -0.3 is 39.8 Å². The molecule has 11 nitrogen and oxygen atoms in total. The second kappa shape index (κ2) is 15.4. The fourth-order valence-corrected chi connectivity index (χ4v) is 6.30. The number of ether oxygens (including phenoxy) is 4. The number of rotatable bonds is 13. The molecule has 2 unspecified atom stereocenters. The smallest absolute Gasteiger partial charge is 0.407 e. The maximum Gasteiger partial charge on any atom is 0.407 e. The topological polar surface area (TPSA) is 153 Å². The molecule has 11 heteroatoms. The van der Waals surface area contributed by atoms with Gasteiger partial charge in [-0.05, 0) is 70.1 Å². The van der Waals surface area contributed by atoms with E-state index in [0.29, 0.717) is 13.0 Å². The second-order valence-electron chi connectivity index (χ2n) is 13.2. The van der Waals surface area contributed by atoms with Gasteiger partial charge in [0.25, 0.3) is 0 Å². The summed E-state index contributed by atoms with van der Waals surface area (Å²) < 4.78 is 22.9. The molecule has 2 fully saturated rings. The minimum Gasteiger partial charge on any atom is -0.480 e. The van der Waals surface area contributed by atoms with E-state index in [1.165, 1.54) is 0 Å². The van der Waals surface area contributed by atoms with Crippen molar-refractivity contribution in [1.82, 2.24) is 10.6 Å². The third-order valence-electron chi connectivity index (χ3n) is 8.86. The van der Waals surface area contributed by atoms with E-state index in [-0.39, 0.29) is 43.9 Å². The van der Waals surface area contributed by atoms with E-state index >= 15 is 0 Å². The number of carbonyl (C=O) groups is 3. The Bertz CT molecular complexity index is 1320. The molecular weight excluding hydrogens is 592 g/mol. The molecule has 4 rings (SSSR count). The molecule has 1 aliphatic carbocycles. The highest BCUT2D eigenvalue weighted by atomic mass is 16.7. The Balaban J connectivity index is 1.21. The number of aliphatic carboxylic acids is 1. The van der Waals surface area contributed by atoms with Crippen molar-refractivity contribution in [3.63, 3.8) is 0 Å². The number of aliphatic hydroxyl groups is 1. The van der Waals surface area contributed by atoms with Crippen LogP contribution in [0.3, 0.4) is 0 Å². The van der Waals surface area contributed by atoms with Gasteiger partial charge in [-0.1, -0.05) is 55.1 Å². The van der Waals surface area contributed by atoms with E-state index in [2.05, 4.69) is 17.2 Å². The molecule has 2 aliphatic heterocycles. The number of carboxylic acid groups (broad SMARTS) is 1. The number of hydrogen-bond donors (Lipinski definition) is 4. The van der Waals surface area contributed by atoms with Crippen LogP contribution in [0.4, 0.5) is 4.79 Å². The van der Waals surface area contributed by atoms with Crippen LogP contribution in [0.5, 0.6) is 0 Å². The molecular formula is C35H48N2O9. The van der Waals surface area contributed by atoms with Crippen molar-refractivity contribution in [2.45, 2.75) is 101 Å². The maximum atomic E-state index is 12.6. The summed E-state index contributed by atoms with van der Waals surface area (Å²) in [5.41, 5.74) is 2.36. The molecule has 252 valence electrons. The molecule has 2 saturated heterocycles. The van der Waals surface area contributed by atoms with Gasteiger partial charge in [0.1, 0.15) is 12.6 Å². The summed E-state index contributed by atoms with van der Waals surface area (Å²) in [7, 11) is 0. The van der Waals surface area contributed by atoms with Gasteiger partial charge in [0.2, 0.25) is 5.91 Å². The van der Waals surface area contributed by atoms with Crippen molar-refractivity contribution >= 4 is 23.5 Å². The van der Waals surface area contributed by atoms with Gasteiger partial charge in [-0.3, -0.25) is 4.79 Å². The van der Waals surface area contributed by atoms with Crippen LogP contribution >= 0.6 is 0 Å². The number of benzene rings is 1. The molecule has 0 saturated carbocycles. The number of fused-ring (bicyclic) bond motifs is 1. The number of alkyl carbamates (subject to hydrolysis) is 1. The summed E-state index contributed by atoms with van der Waals surface area (Å²) in [4.78, 5) is 37.1. The van der Waals surface area contributed by atoms with Crippen molar-refractivity contribution < 1.29 is 43.5 Å². The summed E-state index contributed by atoms with van der Waals surface area (Å²) in [5, 5.41) is 25.5. The number of hydrogen-bond acceptors (Lipinski definition) is 8. The fourth-order valence-electron chi connectivity index (χ4n) is 6.30. The molecule has 2 heterocycles. The molecule has 1 aromatic carbocycles. The Labute approximate surface area is 271 Å². The first-order valence-corrected chi connectivity index (χ1v) is 16.0. The lowest BCUT2D eigenvalue weighted by Gasteiger charge is -2.53. The number of carboxylic acids is 1. The van der Waals surface area contributed by atoms with Gasteiger partial charge in [-0.25, -0.2) is 9.59 Å². The molecule has 46 heavy (non-hydrogen) atoms. The molecule has 0 aromatic heterocycles. The molecule has 2 amide bonds. The lowest BCUT2D eigenvalue weighted by atomic mass is 9.74. The number of carbonyl (C=O) groups excluding carboxylic acids is 2. The average Bonchev–Trinajstić information content (AvgIpc) is 3.38. The number of aliphatic hydroxyl groups excluding tert-OH is 1. The van der Waals surface area contributed by atoms with E-state index in [9.17, 15) is 24.6 Å². The molecule has 0 bridgehead atoms. The monoisotopic (exact) mass is 640 g/mol. The van der Waals surface area contributed by atoms with Gasteiger partial charge in [-0.15, -0.1) is 0 Å². The third kappa shape index (κ3) is 9.51. The summed E-state index contributed by atoms with van der Waals surface area (Å²) in [6.45, 7) is 12.4. The largest absolute Gasteiger partial charge is 0.480 e. The highest BCUT2D eigenvalue weighted by Crippen LogP contribution is 2.44. The average molecular weight is 641 g/mol. The van der Waals surface area contributed by atoms with Gasteiger partial charge in [0.05, 0.1) is 30.5 Å². The zero-order valence-electron chi connectivity index (χ0n) is 27.2. The van der Waals surface area contributed by atoms with E-state index in [1.54, 1.807) is 0 Å². The summed E-state index contributed by atoms with van der Waals surface area (Å²) in [6.07, 6.45) is 7.26. The fraction of sp³-hybridized carbons (Fsp3) is 0.571. The minimum absolute atomic E-state index is 0.0187. The molecule has 4 N–H and O–H groups in total. The van der Waals surface area contributed by atoms with Gasteiger partial charge in [0, 0.05) is 24.8 Å². The van der Waals surface area contributed by atoms with Crippen molar-refractivity contribution in [2.24, 2.45) is 5.92 Å². The zero-order valence-corrected chi connectivity index (χ0v) is 27.2. The lowest BCUT2D eigenvalue weighted by Crippen LogP contribution is -2.62. The Kier molecular flexibility index (Phi) is 11.8. The van der Waals surface area contributed by atoms with Gasteiger partial charge >= 0.3 is 12.1 Å². The first kappa shape index (κ1) is 35.3. The van der Waals surface area contributed by atoms with Crippen molar-refractivity contribution in [3.05, 3.63) is 66.3 Å². The highest BCUT2D eigenvalue weighted by molar-refractivity contribution is 5.82. The Morgan fingerprint density at radius 3 is 2.57 bits per heavy atom. The number of allylic oxidation sites excluding steroid dienone is 5. The van der Waals surface area contributed by atoms with E-state index in [4.69, 9.17) is 18.9 Å². The lowest BCUT2D eigenvalue weighted by molar-refractivity contribution is -0.273. The normalized spacial score (nSPS) is 27.4. The van der Waals surface area contributed by atoms with Crippen LogP contribution in [0.25, 0.3) is 5.57 Å². The minimum atomic E-state index is -1.33. The molecule has 6 atom stereocenters. The quantitative estimate of drug-likeness (QED) is 0.245. The van der Waals surface area contributed by atoms with Crippen LogP contribution in [0, 0.1) is 5.92 Å². The SMILES string of the molecule is C=C1/C=C\C=C/CC(COC(=O)N[C@@H](CCC(=O)NC[C@H](O)[C@H]2OC(C)(C)C2CC[C@H]2COC(C)(C)O2)C(=O)O)c2ccccc21. The van der Waals surface area contributed by atoms with Crippen molar-refractivity contribution in [1.29, 1.82) is 0 Å². The number of amides is 2. The molecule has 3 aliphatic rings. The van der Waals surface area contributed by atoms with Crippen molar-refractivity contribution in [2.75, 3.05) is 19.8 Å². The van der Waals surface area contributed by atoms with E-state index in [1.807, 2.05) is 76.3 Å². The maximum absolute atomic E-state index is 12.6. The summed E-state index contributed by atoms with van der Waals surface area (Å²) in [6, 6.07) is 6.44. The van der Waals surface area contributed by atoms with Crippen LogP contribution in [0.2, 0.25) is 0 Å². The van der Waals surface area contributed by atoms with Gasteiger partial charge in [0.15, 0.2) is 5.79 Å². The predicted octanol–water partition coefficient (Wildman–Crippen LogP) is 4.46. The highest BCUT2D eigenvalue weighted by Gasteiger charge is 2.51. The summed E-state index contributed by atoms with van der Waals surface area (Å²) in [5.74, 6) is -2.42. The molecule has 0 radical (unpaired) electrons. The van der Waals surface area contributed by atoms with Crippen molar-refractivity contribution in [3.8, 4) is 0 Å². The number of nitrogens with one attached hydrogen (secondary N) is 2. The first-order chi connectivity index (χ1) is 21.8. The van der Waals surface area contributed by atoms with Crippen LogP contribution in [-0.2, 0) is 28.5 Å². The zero-order chi connectivity index (χ0) is 33.5. The first-order valence-electron chi connectivity index (χ1n) is 16.0. The Hall–Kier alpha value is -3.51. The van der Waals surface area contributed by atoms with E-state index < -0.39 is 47.6 Å². The van der Waals surface area contributed by atoms with Crippen LogP contribution in [-0.4, -0.2) is 83.7 Å². The van der Waals surface area contributed by atoms with Crippen LogP contribution < -0.4 is 10.6 Å². The van der Waals surface area contributed by atoms with Crippen LogP contribution in [0.1, 0.15) is 76.8 Å². The van der Waals surface area contributed by atoms with Crippen LogP contribution in [0.15, 0.2) is 55.1 Å². The Morgan fingerprint density at radius 2 is 1.87 bits per heavy atom. The summed E-state index contributed by atoms with van der Waals surface area (Å²) >= 11 is 0. The third-order valence-corrected chi connectivity index (χ3v) is 8.86. The molecule has 0 spiro atoms. The predicted molar refractivity (Wildman–Crippen MR) is 172 cm³/mol. The second-order valence-corrected chi connectivity index (χ2v) is 13.2. The standard InChI is InChI=1S/C35H48N2O9/c1-22-11-7-6-8-12-23(26-14-10-9-13-25(22)26)20-43-33(42)37-28(32(40)41)17-18-30(39)36-19-29(38)31-27(34(2,3)46-31)16-15-24-21-44-35(4,5)45-24/h6-11,13-14,23-24,27-29,31,38H,1,12,15-21H2,2-5H3,(H,36,39)(H,37,42)(H,40,41)/b8-6-,11-7-/t23?,24-,27?,28-,29-,31-/m0/s1. The Morgan fingerprint density at radius 1 is 1.11 bits per heavy atom. The molecule has 1 aromatic rings.